The summed E-state index contributed by atoms with van der Waals surface area (Å²) in [7, 11) is 0. The molecule has 0 spiro atoms. The van der Waals surface area contributed by atoms with Gasteiger partial charge in [0.2, 0.25) is 5.91 Å². The quantitative estimate of drug-likeness (QED) is 0.225. The first-order chi connectivity index (χ1) is 18.9. The molecule has 5 rings (SSSR count). The number of amides is 2. The number of nitrogens with one attached hydrogen (secondary N) is 4. The molecule has 2 aromatic carbocycles. The molecule has 4 aromatic rings. The summed E-state index contributed by atoms with van der Waals surface area (Å²) in [5.74, 6) is 0.683. The topological polar surface area (TPSA) is 141 Å². The number of aromatic amines is 1. The van der Waals surface area contributed by atoms with Gasteiger partial charge in [-0.05, 0) is 69.2 Å². The molecule has 2 unspecified atom stereocenters. The van der Waals surface area contributed by atoms with Gasteiger partial charge in [0, 0.05) is 42.1 Å². The minimum atomic E-state index is -0.714. The van der Waals surface area contributed by atoms with Crippen molar-refractivity contribution in [1.29, 1.82) is 0 Å². The van der Waals surface area contributed by atoms with Crippen LogP contribution in [0.1, 0.15) is 47.2 Å². The molecule has 0 fully saturated rings. The average Bonchev–Trinajstić information content (AvgIpc) is 3.53. The Hall–Kier alpha value is -4.60. The van der Waals surface area contributed by atoms with Crippen LogP contribution in [0.2, 0.25) is 0 Å². The number of benzene rings is 2. The van der Waals surface area contributed by atoms with E-state index in [0.29, 0.717) is 43.1 Å². The van der Waals surface area contributed by atoms with Gasteiger partial charge < -0.3 is 31.6 Å². The fourth-order valence-corrected chi connectivity index (χ4v) is 5.12. The number of aromatic nitrogens is 3. The molecule has 6 N–H and O–H groups in total. The number of rotatable bonds is 9. The molecule has 1 aliphatic rings. The molecule has 10 nitrogen and oxygen atoms in total. The van der Waals surface area contributed by atoms with E-state index in [1.807, 2.05) is 69.3 Å². The van der Waals surface area contributed by atoms with Gasteiger partial charge in [0.25, 0.3) is 5.91 Å². The van der Waals surface area contributed by atoms with Crippen molar-refractivity contribution in [3.8, 4) is 0 Å². The van der Waals surface area contributed by atoms with Crippen molar-refractivity contribution in [2.24, 2.45) is 0 Å². The minimum absolute atomic E-state index is 0.0435. The van der Waals surface area contributed by atoms with Crippen molar-refractivity contribution in [2.45, 2.75) is 39.3 Å². The number of likely N-dealkylation sites (N-methyl/N-ethyl adjacent to an activating group) is 2. The Kier molecular flexibility index (Phi) is 7.36. The van der Waals surface area contributed by atoms with Gasteiger partial charge in [-0.15, -0.1) is 0 Å². The van der Waals surface area contributed by atoms with Crippen LogP contribution in [0, 0.1) is 6.92 Å². The Morgan fingerprint density at radius 2 is 1.92 bits per heavy atom. The standard InChI is InChI=1S/C29H34N8O2/c1-4-31-29(39)24(16-37(5-2)20-9-7-6-8-10-20)35-28(38)18-11-12-22-19(13-18)14-23(34-22)21-15-25(30)36-27-26(21)32-17(3)33-27/h6-13,15,23-24,34H,4-5,14,16H2,1-3H3,(H,31,39)(H,35,38)(H3,30,32,33,36). The van der Waals surface area contributed by atoms with E-state index in [1.165, 1.54) is 0 Å². The normalized spacial score (nSPS) is 14.9. The molecule has 2 aromatic heterocycles. The summed E-state index contributed by atoms with van der Waals surface area (Å²) in [5.41, 5.74) is 12.0. The number of fused-ring (bicyclic) bond motifs is 2. The van der Waals surface area contributed by atoms with Gasteiger partial charge in [0.15, 0.2) is 5.65 Å². The largest absolute Gasteiger partial charge is 0.384 e. The van der Waals surface area contributed by atoms with Crippen LogP contribution in [0.4, 0.5) is 17.2 Å². The molecule has 3 heterocycles. The van der Waals surface area contributed by atoms with Crippen LogP contribution >= 0.6 is 0 Å². The van der Waals surface area contributed by atoms with Crippen LogP contribution in [0.25, 0.3) is 11.2 Å². The highest BCUT2D eigenvalue weighted by Crippen LogP contribution is 2.37. The Labute approximate surface area is 227 Å². The number of anilines is 3. The van der Waals surface area contributed by atoms with E-state index < -0.39 is 6.04 Å². The van der Waals surface area contributed by atoms with Gasteiger partial charge in [-0.25, -0.2) is 9.97 Å². The van der Waals surface area contributed by atoms with E-state index in [-0.39, 0.29) is 17.9 Å². The van der Waals surface area contributed by atoms with Crippen LogP contribution < -0.4 is 26.6 Å². The smallest absolute Gasteiger partial charge is 0.251 e. The first-order valence-corrected chi connectivity index (χ1v) is 13.3. The summed E-state index contributed by atoms with van der Waals surface area (Å²) in [6.07, 6.45) is 0.671. The fourth-order valence-electron chi connectivity index (χ4n) is 5.12. The Balaban J connectivity index is 1.34. The number of hydrogen-bond acceptors (Lipinski definition) is 7. The van der Waals surface area contributed by atoms with Crippen molar-refractivity contribution in [3.05, 3.63) is 77.1 Å². The van der Waals surface area contributed by atoms with E-state index in [4.69, 9.17) is 5.73 Å². The van der Waals surface area contributed by atoms with Crippen LogP contribution in [0.15, 0.2) is 54.6 Å². The summed E-state index contributed by atoms with van der Waals surface area (Å²) in [5, 5.41) is 9.37. The lowest BCUT2D eigenvalue weighted by Crippen LogP contribution is -2.52. The first kappa shape index (κ1) is 26.0. The van der Waals surface area contributed by atoms with Crippen LogP contribution in [0.5, 0.6) is 0 Å². The van der Waals surface area contributed by atoms with E-state index in [9.17, 15) is 9.59 Å². The van der Waals surface area contributed by atoms with E-state index >= 15 is 0 Å². The maximum atomic E-state index is 13.4. The Bertz CT molecular complexity index is 1500. The zero-order valence-electron chi connectivity index (χ0n) is 22.4. The number of nitrogens with zero attached hydrogens (tertiary/aromatic N) is 3. The summed E-state index contributed by atoms with van der Waals surface area (Å²) in [4.78, 5) is 40.4. The number of imidazole rings is 1. The molecular weight excluding hydrogens is 492 g/mol. The molecule has 0 saturated carbocycles. The number of nitrogen functional groups attached to an aromatic ring is 1. The highest BCUT2D eigenvalue weighted by atomic mass is 16.2. The zero-order valence-corrected chi connectivity index (χ0v) is 22.4. The van der Waals surface area contributed by atoms with E-state index in [2.05, 4.69) is 35.8 Å². The second-order valence-electron chi connectivity index (χ2n) is 9.72. The SMILES string of the molecule is CCNC(=O)C(CN(CC)c1ccccc1)NC(=O)c1ccc2c(c1)CC(c1cc(N)nc3nc(C)[nH]c13)N2. The maximum absolute atomic E-state index is 13.4. The van der Waals surface area contributed by atoms with Gasteiger partial charge in [-0.1, -0.05) is 18.2 Å². The summed E-state index contributed by atoms with van der Waals surface area (Å²) < 4.78 is 0. The van der Waals surface area contributed by atoms with Gasteiger partial charge >= 0.3 is 0 Å². The van der Waals surface area contributed by atoms with Crippen LogP contribution in [0.3, 0.4) is 0 Å². The molecular formula is C29H34N8O2. The number of H-pyrrole nitrogens is 1. The fraction of sp³-hybridized carbons (Fsp3) is 0.310. The van der Waals surface area contributed by atoms with E-state index in [0.717, 1.165) is 33.8 Å². The lowest BCUT2D eigenvalue weighted by atomic mass is 10.0. The third kappa shape index (κ3) is 5.50. The van der Waals surface area contributed by atoms with Gasteiger partial charge in [0.05, 0.1) is 11.6 Å². The predicted molar refractivity (Wildman–Crippen MR) is 154 cm³/mol. The van der Waals surface area contributed by atoms with Crippen molar-refractivity contribution in [2.75, 3.05) is 35.6 Å². The lowest BCUT2D eigenvalue weighted by Gasteiger charge is -2.28. The Morgan fingerprint density at radius 3 is 2.67 bits per heavy atom. The molecule has 2 atom stereocenters. The Morgan fingerprint density at radius 1 is 1.13 bits per heavy atom. The van der Waals surface area contributed by atoms with Gasteiger partial charge in [0.1, 0.15) is 17.7 Å². The number of aryl methyl sites for hydroxylation is 1. The third-order valence-electron chi connectivity index (χ3n) is 7.01. The monoisotopic (exact) mass is 526 g/mol. The highest BCUT2D eigenvalue weighted by Gasteiger charge is 2.28. The number of para-hydroxylation sites is 1. The number of carbonyl (C=O) groups is 2. The van der Waals surface area contributed by atoms with Gasteiger partial charge in [-0.3, -0.25) is 9.59 Å². The molecule has 0 bridgehead atoms. The second-order valence-corrected chi connectivity index (χ2v) is 9.72. The number of hydrogen-bond donors (Lipinski definition) is 5. The molecule has 202 valence electrons. The van der Waals surface area contributed by atoms with Crippen molar-refractivity contribution in [3.63, 3.8) is 0 Å². The average molecular weight is 527 g/mol. The lowest BCUT2D eigenvalue weighted by molar-refractivity contribution is -0.122. The zero-order chi connectivity index (χ0) is 27.5. The summed E-state index contributed by atoms with van der Waals surface area (Å²) in [6.45, 7) is 7.32. The second kappa shape index (κ2) is 11.0. The minimum Gasteiger partial charge on any atom is -0.384 e. The molecule has 39 heavy (non-hydrogen) atoms. The molecule has 0 radical (unpaired) electrons. The third-order valence-corrected chi connectivity index (χ3v) is 7.01. The van der Waals surface area contributed by atoms with E-state index in [1.54, 1.807) is 6.07 Å². The molecule has 10 heteroatoms. The van der Waals surface area contributed by atoms with Crippen molar-refractivity contribution in [1.82, 2.24) is 25.6 Å². The summed E-state index contributed by atoms with van der Waals surface area (Å²) >= 11 is 0. The maximum Gasteiger partial charge on any atom is 0.251 e. The first-order valence-electron chi connectivity index (χ1n) is 13.3. The number of pyridine rings is 1. The van der Waals surface area contributed by atoms with Crippen LogP contribution in [-0.2, 0) is 11.2 Å². The number of carbonyl (C=O) groups excluding carboxylic acids is 2. The molecule has 0 aliphatic carbocycles. The number of nitrogens with two attached hydrogens (primary N) is 1. The van der Waals surface area contributed by atoms with Crippen molar-refractivity contribution < 1.29 is 9.59 Å². The van der Waals surface area contributed by atoms with Crippen molar-refractivity contribution >= 4 is 40.2 Å². The van der Waals surface area contributed by atoms with Crippen LogP contribution in [-0.4, -0.2) is 52.4 Å². The predicted octanol–water partition coefficient (Wildman–Crippen LogP) is 3.32. The molecule has 2 amide bonds. The summed E-state index contributed by atoms with van der Waals surface area (Å²) in [6, 6.07) is 16.6. The molecule has 0 saturated heterocycles. The highest BCUT2D eigenvalue weighted by molar-refractivity contribution is 5.98. The molecule has 1 aliphatic heterocycles. The van der Waals surface area contributed by atoms with Gasteiger partial charge in [-0.2, -0.15) is 0 Å².